The molecule has 0 spiro atoms. The van der Waals surface area contributed by atoms with E-state index in [0.717, 1.165) is 5.56 Å². The van der Waals surface area contributed by atoms with E-state index in [2.05, 4.69) is 0 Å². The van der Waals surface area contributed by atoms with E-state index in [-0.39, 0.29) is 5.97 Å². The molecule has 0 bridgehead atoms. The second kappa shape index (κ2) is 3.18. The number of hydrogen-bond acceptors (Lipinski definition) is 3. The second-order valence-electron chi connectivity index (χ2n) is 3.39. The van der Waals surface area contributed by atoms with E-state index in [1.165, 1.54) is 0 Å². The van der Waals surface area contributed by atoms with Gasteiger partial charge < -0.3 is 9.64 Å². The third kappa shape index (κ3) is 1.37. The molecule has 0 radical (unpaired) electrons. The van der Waals surface area contributed by atoms with Crippen molar-refractivity contribution >= 4 is 11.5 Å². The van der Waals surface area contributed by atoms with Gasteiger partial charge in [0.05, 0.1) is 5.57 Å². The summed E-state index contributed by atoms with van der Waals surface area (Å²) >= 11 is 0. The van der Waals surface area contributed by atoms with E-state index >= 15 is 0 Å². The van der Waals surface area contributed by atoms with Crippen LogP contribution < -0.4 is 4.74 Å². The van der Waals surface area contributed by atoms with Gasteiger partial charge in [0.25, 0.3) is 0 Å². The lowest BCUT2D eigenvalue weighted by molar-refractivity contribution is -0.127. The van der Waals surface area contributed by atoms with Crippen molar-refractivity contribution in [3.05, 3.63) is 36.0 Å². The van der Waals surface area contributed by atoms with Crippen molar-refractivity contribution in [2.45, 2.75) is 0 Å². The highest BCUT2D eigenvalue weighted by molar-refractivity contribution is 6.21. The van der Waals surface area contributed by atoms with Crippen LogP contribution in [-0.2, 0) is 4.79 Å². The van der Waals surface area contributed by atoms with Gasteiger partial charge in [-0.1, -0.05) is 18.2 Å². The zero-order chi connectivity index (χ0) is 10.1. The summed E-state index contributed by atoms with van der Waals surface area (Å²) in [6, 6.07) is 7.42. The van der Waals surface area contributed by atoms with Gasteiger partial charge >= 0.3 is 5.97 Å². The molecule has 14 heavy (non-hydrogen) atoms. The number of fused-ring (bicyclic) bond motifs is 1. The molecule has 1 aromatic rings. The van der Waals surface area contributed by atoms with Gasteiger partial charge in [-0.15, -0.1) is 0 Å². The van der Waals surface area contributed by atoms with Gasteiger partial charge in [0.1, 0.15) is 5.75 Å². The fourth-order valence-corrected chi connectivity index (χ4v) is 1.42. The van der Waals surface area contributed by atoms with Gasteiger partial charge in [0.15, 0.2) is 0 Å². The molecule has 72 valence electrons. The Labute approximate surface area is 82.6 Å². The van der Waals surface area contributed by atoms with E-state index < -0.39 is 0 Å². The quantitative estimate of drug-likeness (QED) is 0.381. The van der Waals surface area contributed by atoms with Crippen LogP contribution in [0.3, 0.4) is 0 Å². The number of carbonyl (C=O) groups excluding carboxylic acids is 1. The molecule has 0 atom stereocenters. The zero-order valence-electron chi connectivity index (χ0n) is 8.15. The zero-order valence-corrected chi connectivity index (χ0v) is 8.15. The van der Waals surface area contributed by atoms with Crippen LogP contribution in [0.15, 0.2) is 30.5 Å². The fraction of sp³-hybridized carbons (Fsp3) is 0.182. The predicted octanol–water partition coefficient (Wildman–Crippen LogP) is 1.51. The highest BCUT2D eigenvalue weighted by Crippen LogP contribution is 2.33. The molecule has 1 aromatic carbocycles. The van der Waals surface area contributed by atoms with Crippen LogP contribution in [0.5, 0.6) is 5.75 Å². The molecule has 0 fully saturated rings. The first kappa shape index (κ1) is 8.81. The van der Waals surface area contributed by atoms with Crippen LogP contribution in [0.4, 0.5) is 0 Å². The van der Waals surface area contributed by atoms with Crippen LogP contribution >= 0.6 is 0 Å². The summed E-state index contributed by atoms with van der Waals surface area (Å²) in [6.45, 7) is 0. The molecular weight excluding hydrogens is 178 g/mol. The van der Waals surface area contributed by atoms with Crippen molar-refractivity contribution in [3.63, 3.8) is 0 Å². The summed E-state index contributed by atoms with van der Waals surface area (Å²) in [5, 5.41) is 0. The number of hydrogen-bond donors (Lipinski definition) is 0. The Morgan fingerprint density at radius 1 is 1.29 bits per heavy atom. The third-order valence-corrected chi connectivity index (χ3v) is 1.99. The summed E-state index contributed by atoms with van der Waals surface area (Å²) in [5.41, 5.74) is 1.48. The molecule has 0 saturated carbocycles. The normalized spacial score (nSPS) is 16.7. The van der Waals surface area contributed by atoms with Crippen molar-refractivity contribution < 1.29 is 9.53 Å². The summed E-state index contributed by atoms with van der Waals surface area (Å²) in [6.07, 6.45) is 1.77. The minimum Gasteiger partial charge on any atom is -0.422 e. The van der Waals surface area contributed by atoms with Gasteiger partial charge in [-0.05, 0) is 6.07 Å². The maximum Gasteiger partial charge on any atom is 0.345 e. The van der Waals surface area contributed by atoms with Crippen molar-refractivity contribution in [2.24, 2.45) is 0 Å². The summed E-state index contributed by atoms with van der Waals surface area (Å²) in [7, 11) is 3.75. The smallest absolute Gasteiger partial charge is 0.345 e. The van der Waals surface area contributed by atoms with Crippen LogP contribution in [0.25, 0.3) is 5.57 Å². The molecule has 3 heteroatoms. The van der Waals surface area contributed by atoms with Gasteiger partial charge in [-0.25, -0.2) is 4.79 Å². The monoisotopic (exact) mass is 189 g/mol. The standard InChI is InChI=1S/C11H11NO2/c1-12(2)7-9-8-5-3-4-6-10(8)14-11(9)13/h3-7H,1-2H3/b9-7+. The Balaban J connectivity index is 2.50. The first-order valence-corrected chi connectivity index (χ1v) is 4.38. The molecule has 0 aromatic heterocycles. The lowest BCUT2D eigenvalue weighted by Crippen LogP contribution is -2.07. The fourth-order valence-electron chi connectivity index (χ4n) is 1.42. The second-order valence-corrected chi connectivity index (χ2v) is 3.39. The van der Waals surface area contributed by atoms with Crippen molar-refractivity contribution in [2.75, 3.05) is 14.1 Å². The number of ether oxygens (including phenoxy) is 1. The van der Waals surface area contributed by atoms with Gasteiger partial charge in [-0.2, -0.15) is 0 Å². The average Bonchev–Trinajstić information content (AvgIpc) is 2.43. The number of nitrogens with zero attached hydrogens (tertiary/aromatic N) is 1. The van der Waals surface area contributed by atoms with Crippen molar-refractivity contribution in [1.82, 2.24) is 4.90 Å². The third-order valence-electron chi connectivity index (χ3n) is 1.99. The lowest BCUT2D eigenvalue weighted by Gasteiger charge is -2.04. The summed E-state index contributed by atoms with van der Waals surface area (Å²) in [5.74, 6) is 0.366. The minimum absolute atomic E-state index is 0.278. The summed E-state index contributed by atoms with van der Waals surface area (Å²) in [4.78, 5) is 13.3. The Morgan fingerprint density at radius 3 is 2.71 bits per heavy atom. The molecule has 1 heterocycles. The maximum absolute atomic E-state index is 11.4. The summed E-state index contributed by atoms with van der Waals surface area (Å²) < 4.78 is 5.09. The molecule has 0 unspecified atom stereocenters. The van der Waals surface area contributed by atoms with Crippen molar-refractivity contribution in [1.29, 1.82) is 0 Å². The maximum atomic E-state index is 11.4. The molecule has 1 aliphatic heterocycles. The number of para-hydroxylation sites is 1. The molecule has 3 nitrogen and oxygen atoms in total. The Bertz CT molecular complexity index is 408. The number of carbonyl (C=O) groups is 1. The molecule has 1 aliphatic rings. The van der Waals surface area contributed by atoms with E-state index in [0.29, 0.717) is 11.3 Å². The molecule has 0 amide bonds. The van der Waals surface area contributed by atoms with Gasteiger partial charge in [0, 0.05) is 25.9 Å². The van der Waals surface area contributed by atoms with E-state index in [1.54, 1.807) is 12.3 Å². The predicted molar refractivity (Wildman–Crippen MR) is 53.7 cm³/mol. The SMILES string of the molecule is CN(C)/C=C1/C(=O)Oc2ccccc21. The number of rotatable bonds is 1. The van der Waals surface area contributed by atoms with E-state index in [4.69, 9.17) is 4.74 Å². The molecule has 0 aliphatic carbocycles. The largest absolute Gasteiger partial charge is 0.422 e. The van der Waals surface area contributed by atoms with Crippen LogP contribution in [0, 0.1) is 0 Å². The van der Waals surface area contributed by atoms with Crippen LogP contribution in [0.1, 0.15) is 5.56 Å². The number of esters is 1. The number of benzene rings is 1. The minimum atomic E-state index is -0.278. The first-order valence-electron chi connectivity index (χ1n) is 4.38. The lowest BCUT2D eigenvalue weighted by atomic mass is 10.1. The van der Waals surface area contributed by atoms with Crippen LogP contribution in [0.2, 0.25) is 0 Å². The van der Waals surface area contributed by atoms with E-state index in [1.807, 2.05) is 37.2 Å². The van der Waals surface area contributed by atoms with Crippen molar-refractivity contribution in [3.8, 4) is 5.75 Å². The van der Waals surface area contributed by atoms with E-state index in [9.17, 15) is 4.79 Å². The average molecular weight is 189 g/mol. The topological polar surface area (TPSA) is 29.5 Å². The molecular formula is C11H11NO2. The molecule has 2 rings (SSSR count). The first-order chi connectivity index (χ1) is 6.68. The highest BCUT2D eigenvalue weighted by Gasteiger charge is 2.26. The van der Waals surface area contributed by atoms with Gasteiger partial charge in [0.2, 0.25) is 0 Å². The van der Waals surface area contributed by atoms with Gasteiger partial charge in [-0.3, -0.25) is 0 Å². The Hall–Kier alpha value is -1.77. The van der Waals surface area contributed by atoms with Crippen LogP contribution in [-0.4, -0.2) is 25.0 Å². The highest BCUT2D eigenvalue weighted by atomic mass is 16.5. The Kier molecular flexibility index (Phi) is 2.00. The Morgan fingerprint density at radius 2 is 2.00 bits per heavy atom. The molecule has 0 N–H and O–H groups in total. The molecule has 0 saturated heterocycles.